The zero-order valence-electron chi connectivity index (χ0n) is 9.80. The molecule has 1 aliphatic rings. The van der Waals surface area contributed by atoms with Gasteiger partial charge < -0.3 is 10.3 Å². The van der Waals surface area contributed by atoms with Gasteiger partial charge in [-0.3, -0.25) is 0 Å². The maximum atomic E-state index is 3.91. The molecule has 90 valence electrons. The van der Waals surface area contributed by atoms with Gasteiger partial charge in [-0.25, -0.2) is 15.0 Å². The predicted octanol–water partition coefficient (Wildman–Crippen LogP) is 1.64. The Kier molecular flexibility index (Phi) is 2.97. The number of hydrogen-bond acceptors (Lipinski definition) is 4. The summed E-state index contributed by atoms with van der Waals surface area (Å²) in [7, 11) is 0. The number of fused-ring (bicyclic) bond motifs is 2. The van der Waals surface area contributed by atoms with Crippen molar-refractivity contribution in [3.05, 3.63) is 54.2 Å². The second kappa shape index (κ2) is 4.93. The van der Waals surface area contributed by atoms with Crippen molar-refractivity contribution in [3.8, 4) is 0 Å². The molecule has 5 heteroatoms. The SMILES string of the molecule is c1ccc2c(c1)CNC2.c1ncc2[nH]cnc2n1. The molecule has 2 aromatic heterocycles. The zero-order valence-corrected chi connectivity index (χ0v) is 9.80. The fraction of sp³-hybridized carbons (Fsp3) is 0.154. The van der Waals surface area contributed by atoms with Crippen molar-refractivity contribution in [1.29, 1.82) is 0 Å². The predicted molar refractivity (Wildman–Crippen MR) is 68.7 cm³/mol. The third-order valence-corrected chi connectivity index (χ3v) is 2.85. The van der Waals surface area contributed by atoms with Crippen LogP contribution < -0.4 is 5.32 Å². The summed E-state index contributed by atoms with van der Waals surface area (Å²) in [6, 6.07) is 8.53. The van der Waals surface area contributed by atoms with E-state index in [1.54, 1.807) is 12.5 Å². The number of benzene rings is 1. The monoisotopic (exact) mass is 239 g/mol. The maximum absolute atomic E-state index is 3.91. The van der Waals surface area contributed by atoms with Gasteiger partial charge in [0.1, 0.15) is 11.8 Å². The van der Waals surface area contributed by atoms with E-state index in [0.29, 0.717) is 5.65 Å². The minimum absolute atomic E-state index is 0.713. The Morgan fingerprint density at radius 1 is 1.00 bits per heavy atom. The van der Waals surface area contributed by atoms with Gasteiger partial charge in [0, 0.05) is 13.1 Å². The molecule has 3 heterocycles. The third kappa shape index (κ3) is 2.21. The van der Waals surface area contributed by atoms with Gasteiger partial charge in [-0.2, -0.15) is 0 Å². The average Bonchev–Trinajstić information content (AvgIpc) is 3.08. The molecule has 2 N–H and O–H groups in total. The van der Waals surface area contributed by atoms with Crippen LogP contribution in [0.15, 0.2) is 43.1 Å². The van der Waals surface area contributed by atoms with Gasteiger partial charge in [0.15, 0.2) is 5.65 Å². The Balaban J connectivity index is 0.000000111. The normalized spacial score (nSPS) is 12.9. The molecule has 18 heavy (non-hydrogen) atoms. The van der Waals surface area contributed by atoms with Gasteiger partial charge in [-0.1, -0.05) is 24.3 Å². The van der Waals surface area contributed by atoms with E-state index in [1.165, 1.54) is 17.5 Å². The lowest BCUT2D eigenvalue weighted by atomic mass is 10.1. The molecule has 0 amide bonds. The highest BCUT2D eigenvalue weighted by molar-refractivity contribution is 5.67. The topological polar surface area (TPSA) is 66.5 Å². The third-order valence-electron chi connectivity index (χ3n) is 2.85. The first kappa shape index (κ1) is 10.9. The number of H-pyrrole nitrogens is 1. The highest BCUT2D eigenvalue weighted by Crippen LogP contribution is 2.12. The second-order valence-corrected chi connectivity index (χ2v) is 4.03. The number of aromatic nitrogens is 4. The first-order chi connectivity index (χ1) is 8.93. The van der Waals surface area contributed by atoms with Gasteiger partial charge in [-0.15, -0.1) is 0 Å². The Morgan fingerprint density at radius 2 is 1.78 bits per heavy atom. The number of aromatic amines is 1. The molecule has 0 spiro atoms. The molecule has 0 unspecified atom stereocenters. The van der Waals surface area contributed by atoms with E-state index in [4.69, 9.17) is 0 Å². The van der Waals surface area contributed by atoms with Crippen molar-refractivity contribution < 1.29 is 0 Å². The molecule has 0 atom stereocenters. The average molecular weight is 239 g/mol. The summed E-state index contributed by atoms with van der Waals surface area (Å²) in [5.41, 5.74) is 4.50. The van der Waals surface area contributed by atoms with Gasteiger partial charge in [0.05, 0.1) is 12.5 Å². The number of nitrogens with zero attached hydrogens (tertiary/aromatic N) is 3. The molecule has 0 radical (unpaired) electrons. The maximum Gasteiger partial charge on any atom is 0.180 e. The van der Waals surface area contributed by atoms with Crippen molar-refractivity contribution in [2.75, 3.05) is 0 Å². The van der Waals surface area contributed by atoms with Crippen LogP contribution in [0.4, 0.5) is 0 Å². The summed E-state index contributed by atoms with van der Waals surface area (Å²) in [6.07, 6.45) is 4.76. The molecule has 0 fully saturated rings. The van der Waals surface area contributed by atoms with E-state index in [0.717, 1.165) is 18.6 Å². The summed E-state index contributed by atoms with van der Waals surface area (Å²) < 4.78 is 0. The van der Waals surface area contributed by atoms with Crippen molar-refractivity contribution >= 4 is 11.2 Å². The first-order valence-corrected chi connectivity index (χ1v) is 5.80. The summed E-state index contributed by atoms with van der Waals surface area (Å²) in [6.45, 7) is 2.10. The molecule has 0 saturated carbocycles. The quantitative estimate of drug-likeness (QED) is 0.626. The Morgan fingerprint density at radius 3 is 2.50 bits per heavy atom. The lowest BCUT2D eigenvalue weighted by Gasteiger charge is -1.91. The molecule has 0 aliphatic carbocycles. The van der Waals surface area contributed by atoms with Crippen molar-refractivity contribution in [2.45, 2.75) is 13.1 Å². The largest absolute Gasteiger partial charge is 0.342 e. The molecule has 0 bridgehead atoms. The lowest BCUT2D eigenvalue weighted by Crippen LogP contribution is -1.99. The molecule has 1 aliphatic heterocycles. The molecule has 4 rings (SSSR count). The van der Waals surface area contributed by atoms with Crippen LogP contribution in [-0.4, -0.2) is 19.9 Å². The van der Waals surface area contributed by atoms with Crippen LogP contribution in [0.2, 0.25) is 0 Å². The van der Waals surface area contributed by atoms with Gasteiger partial charge in [0.2, 0.25) is 0 Å². The van der Waals surface area contributed by atoms with Crippen molar-refractivity contribution in [3.63, 3.8) is 0 Å². The van der Waals surface area contributed by atoms with E-state index in [9.17, 15) is 0 Å². The Bertz CT molecular complexity index is 593. The van der Waals surface area contributed by atoms with Crippen LogP contribution in [0.5, 0.6) is 0 Å². The standard InChI is InChI=1S/C8H9N.C5H4N4/c1-2-4-8-6-9-5-7(8)3-1;1-4-5(8-2-6-1)9-3-7-4/h1-4,9H,5-6H2;1-3H,(H,6,7,8,9). The van der Waals surface area contributed by atoms with E-state index >= 15 is 0 Å². The van der Waals surface area contributed by atoms with Crippen LogP contribution in [0.25, 0.3) is 11.2 Å². The van der Waals surface area contributed by atoms with Gasteiger partial charge >= 0.3 is 0 Å². The first-order valence-electron chi connectivity index (χ1n) is 5.80. The Labute approximate surface area is 104 Å². The van der Waals surface area contributed by atoms with E-state index in [1.807, 2.05) is 0 Å². The fourth-order valence-electron chi connectivity index (χ4n) is 1.93. The molecule has 1 aromatic carbocycles. The van der Waals surface area contributed by atoms with Gasteiger partial charge in [-0.05, 0) is 11.1 Å². The van der Waals surface area contributed by atoms with Crippen LogP contribution >= 0.6 is 0 Å². The number of hydrogen-bond donors (Lipinski definition) is 2. The minimum atomic E-state index is 0.713. The van der Waals surface area contributed by atoms with E-state index < -0.39 is 0 Å². The lowest BCUT2D eigenvalue weighted by molar-refractivity contribution is 0.765. The molecular weight excluding hydrogens is 226 g/mol. The molecule has 0 saturated heterocycles. The Hall–Kier alpha value is -2.27. The fourth-order valence-corrected chi connectivity index (χ4v) is 1.93. The van der Waals surface area contributed by atoms with Crippen molar-refractivity contribution in [1.82, 2.24) is 25.3 Å². The summed E-state index contributed by atoms with van der Waals surface area (Å²) in [4.78, 5) is 14.5. The highest BCUT2D eigenvalue weighted by Gasteiger charge is 2.06. The van der Waals surface area contributed by atoms with Gasteiger partial charge in [0.25, 0.3) is 0 Å². The van der Waals surface area contributed by atoms with Crippen molar-refractivity contribution in [2.24, 2.45) is 0 Å². The zero-order chi connectivity index (χ0) is 12.2. The van der Waals surface area contributed by atoms with Crippen LogP contribution in [0.3, 0.4) is 0 Å². The molecule has 5 nitrogen and oxygen atoms in total. The second-order valence-electron chi connectivity index (χ2n) is 4.03. The summed E-state index contributed by atoms with van der Waals surface area (Å²) >= 11 is 0. The summed E-state index contributed by atoms with van der Waals surface area (Å²) in [5, 5.41) is 3.29. The van der Waals surface area contributed by atoms with Crippen LogP contribution in [0, 0.1) is 0 Å². The van der Waals surface area contributed by atoms with E-state index in [2.05, 4.69) is 49.5 Å². The number of nitrogens with one attached hydrogen (secondary N) is 2. The minimum Gasteiger partial charge on any atom is -0.342 e. The van der Waals surface area contributed by atoms with E-state index in [-0.39, 0.29) is 0 Å². The summed E-state index contributed by atoms with van der Waals surface area (Å²) in [5.74, 6) is 0. The number of rotatable bonds is 0. The number of imidazole rings is 1. The smallest absolute Gasteiger partial charge is 0.180 e. The van der Waals surface area contributed by atoms with Crippen LogP contribution in [-0.2, 0) is 13.1 Å². The molecular formula is C13H13N5. The highest BCUT2D eigenvalue weighted by atomic mass is 15.0. The molecule has 3 aromatic rings. The van der Waals surface area contributed by atoms with Crippen LogP contribution in [0.1, 0.15) is 11.1 Å².